The molecule has 0 aromatic heterocycles. The number of halogens is 2. The van der Waals surface area contributed by atoms with Crippen LogP contribution >= 0.6 is 31.9 Å². The van der Waals surface area contributed by atoms with E-state index in [1.165, 1.54) is 6.07 Å². The van der Waals surface area contributed by atoms with E-state index in [1.807, 2.05) is 0 Å². The zero-order valence-electron chi connectivity index (χ0n) is 8.73. The fraction of sp³-hybridized carbons (Fsp3) is 0.400. The standard InChI is InChI=1S/C10H12Br2O5/c11-8-5(3-17-4-6(14)2-13)1-7(15)10(16)9(8)12/h1,6,13-16H,2-4H2/t6-/m1/s1. The number of benzene rings is 1. The molecular formula is C10H12Br2O5. The minimum atomic E-state index is -0.928. The minimum absolute atomic E-state index is 0.0117. The van der Waals surface area contributed by atoms with Gasteiger partial charge in [-0.3, -0.25) is 0 Å². The molecule has 0 radical (unpaired) electrons. The molecule has 1 aromatic rings. The van der Waals surface area contributed by atoms with Crippen LogP contribution in [0.15, 0.2) is 15.0 Å². The number of aliphatic hydroxyl groups is 2. The van der Waals surface area contributed by atoms with Crippen LogP contribution in [-0.4, -0.2) is 39.7 Å². The highest BCUT2D eigenvalue weighted by Gasteiger charge is 2.14. The minimum Gasteiger partial charge on any atom is -0.504 e. The first-order valence-corrected chi connectivity index (χ1v) is 6.31. The number of hydrogen-bond donors (Lipinski definition) is 4. The second kappa shape index (κ2) is 6.55. The lowest BCUT2D eigenvalue weighted by atomic mass is 10.2. The lowest BCUT2D eigenvalue weighted by Gasteiger charge is -2.12. The summed E-state index contributed by atoms with van der Waals surface area (Å²) in [5, 5.41) is 36.5. The quantitative estimate of drug-likeness (QED) is 0.589. The Morgan fingerprint density at radius 3 is 2.47 bits per heavy atom. The van der Waals surface area contributed by atoms with Gasteiger partial charge in [0.25, 0.3) is 0 Å². The molecule has 0 fully saturated rings. The van der Waals surface area contributed by atoms with Crippen LogP contribution in [0.2, 0.25) is 0 Å². The van der Waals surface area contributed by atoms with E-state index in [9.17, 15) is 10.2 Å². The Kier molecular flexibility index (Phi) is 5.68. The fourth-order valence-corrected chi connectivity index (χ4v) is 1.99. The molecule has 4 N–H and O–H groups in total. The van der Waals surface area contributed by atoms with Gasteiger partial charge in [0.05, 0.1) is 24.3 Å². The van der Waals surface area contributed by atoms with Gasteiger partial charge in [-0.15, -0.1) is 0 Å². The molecule has 0 bridgehead atoms. The molecule has 0 heterocycles. The van der Waals surface area contributed by atoms with E-state index in [-0.39, 0.29) is 31.3 Å². The number of hydrogen-bond acceptors (Lipinski definition) is 5. The van der Waals surface area contributed by atoms with Crippen LogP contribution in [0.3, 0.4) is 0 Å². The van der Waals surface area contributed by atoms with Crippen LogP contribution in [0.4, 0.5) is 0 Å². The Hall–Kier alpha value is -0.340. The maximum absolute atomic E-state index is 9.42. The van der Waals surface area contributed by atoms with Crippen molar-refractivity contribution in [2.24, 2.45) is 0 Å². The Morgan fingerprint density at radius 1 is 1.24 bits per heavy atom. The molecule has 0 saturated heterocycles. The van der Waals surface area contributed by atoms with E-state index in [2.05, 4.69) is 31.9 Å². The highest BCUT2D eigenvalue weighted by atomic mass is 79.9. The second-order valence-electron chi connectivity index (χ2n) is 3.38. The van der Waals surface area contributed by atoms with Crippen LogP contribution < -0.4 is 0 Å². The van der Waals surface area contributed by atoms with Gasteiger partial charge < -0.3 is 25.2 Å². The van der Waals surface area contributed by atoms with Gasteiger partial charge in [-0.05, 0) is 43.5 Å². The van der Waals surface area contributed by atoms with Crippen LogP contribution in [0.25, 0.3) is 0 Å². The third kappa shape index (κ3) is 3.82. The normalized spacial score (nSPS) is 12.7. The first-order chi connectivity index (χ1) is 7.97. The highest BCUT2D eigenvalue weighted by molar-refractivity contribution is 9.13. The Labute approximate surface area is 115 Å². The number of aliphatic hydroxyl groups excluding tert-OH is 2. The molecule has 5 nitrogen and oxygen atoms in total. The second-order valence-corrected chi connectivity index (χ2v) is 4.97. The Morgan fingerprint density at radius 2 is 1.88 bits per heavy atom. The number of phenols is 2. The number of phenolic OH excluding ortho intramolecular Hbond substituents is 2. The maximum Gasteiger partial charge on any atom is 0.173 e. The van der Waals surface area contributed by atoms with E-state index >= 15 is 0 Å². The summed E-state index contributed by atoms with van der Waals surface area (Å²) < 4.78 is 6.04. The largest absolute Gasteiger partial charge is 0.504 e. The van der Waals surface area contributed by atoms with Crippen LogP contribution in [0.5, 0.6) is 11.5 Å². The van der Waals surface area contributed by atoms with Crippen molar-refractivity contribution in [1.29, 1.82) is 0 Å². The summed E-state index contributed by atoms with van der Waals surface area (Å²) in [5.74, 6) is -0.516. The summed E-state index contributed by atoms with van der Waals surface area (Å²) in [6.45, 7) is -0.252. The zero-order chi connectivity index (χ0) is 13.0. The molecule has 1 atom stereocenters. The first-order valence-electron chi connectivity index (χ1n) is 4.72. The zero-order valence-corrected chi connectivity index (χ0v) is 11.9. The third-order valence-corrected chi connectivity index (χ3v) is 4.22. The summed E-state index contributed by atoms with van der Waals surface area (Å²) in [6, 6.07) is 1.36. The van der Waals surface area contributed by atoms with Crippen molar-refractivity contribution >= 4 is 31.9 Å². The predicted molar refractivity (Wildman–Crippen MR) is 67.9 cm³/mol. The van der Waals surface area contributed by atoms with Gasteiger partial charge in [-0.2, -0.15) is 0 Å². The van der Waals surface area contributed by atoms with Gasteiger partial charge in [0.2, 0.25) is 0 Å². The number of aromatic hydroxyl groups is 2. The average molecular weight is 372 g/mol. The molecule has 96 valence electrons. The summed E-state index contributed by atoms with van der Waals surface area (Å²) in [5.41, 5.74) is 0.609. The van der Waals surface area contributed by atoms with Gasteiger partial charge in [-0.25, -0.2) is 0 Å². The molecule has 0 saturated carbocycles. The van der Waals surface area contributed by atoms with Crippen molar-refractivity contribution in [3.05, 3.63) is 20.6 Å². The molecule has 17 heavy (non-hydrogen) atoms. The van der Waals surface area contributed by atoms with Crippen molar-refractivity contribution in [2.75, 3.05) is 13.2 Å². The fourth-order valence-electron chi connectivity index (χ4n) is 1.12. The van der Waals surface area contributed by atoms with Crippen molar-refractivity contribution in [3.63, 3.8) is 0 Å². The van der Waals surface area contributed by atoms with Crippen molar-refractivity contribution < 1.29 is 25.2 Å². The third-order valence-electron chi connectivity index (χ3n) is 2.01. The average Bonchev–Trinajstić information content (AvgIpc) is 2.32. The highest BCUT2D eigenvalue weighted by Crippen LogP contribution is 2.41. The Balaban J connectivity index is 2.72. The molecule has 1 rings (SSSR count). The lowest BCUT2D eigenvalue weighted by Crippen LogP contribution is -2.19. The lowest BCUT2D eigenvalue weighted by molar-refractivity contribution is -0.000172. The monoisotopic (exact) mass is 370 g/mol. The SMILES string of the molecule is OC[C@@H](O)COCc1cc(O)c(O)c(Br)c1Br. The molecule has 0 unspecified atom stereocenters. The van der Waals surface area contributed by atoms with Crippen LogP contribution in [0.1, 0.15) is 5.56 Å². The van der Waals surface area contributed by atoms with Crippen molar-refractivity contribution in [1.82, 2.24) is 0 Å². The van der Waals surface area contributed by atoms with Gasteiger partial charge >= 0.3 is 0 Å². The van der Waals surface area contributed by atoms with Crippen LogP contribution in [0, 0.1) is 0 Å². The molecule has 0 amide bonds. The number of ether oxygens (including phenoxy) is 1. The molecule has 1 aromatic carbocycles. The van der Waals surface area contributed by atoms with E-state index in [4.69, 9.17) is 14.9 Å². The van der Waals surface area contributed by atoms with E-state index in [0.29, 0.717) is 14.5 Å². The molecule has 0 aliphatic rings. The van der Waals surface area contributed by atoms with Crippen molar-refractivity contribution in [3.8, 4) is 11.5 Å². The predicted octanol–water partition coefficient (Wildman–Crippen LogP) is 1.49. The van der Waals surface area contributed by atoms with Gasteiger partial charge in [-0.1, -0.05) is 0 Å². The first kappa shape index (κ1) is 14.7. The molecule has 7 heteroatoms. The number of rotatable bonds is 5. The molecule has 0 spiro atoms. The summed E-state index contributed by atoms with van der Waals surface area (Å²) in [6.07, 6.45) is -0.928. The van der Waals surface area contributed by atoms with Gasteiger partial charge in [0.15, 0.2) is 11.5 Å². The van der Waals surface area contributed by atoms with E-state index < -0.39 is 6.10 Å². The summed E-state index contributed by atoms with van der Waals surface area (Å²) in [4.78, 5) is 0. The van der Waals surface area contributed by atoms with Gasteiger partial charge in [0, 0.05) is 4.47 Å². The van der Waals surface area contributed by atoms with Gasteiger partial charge in [0.1, 0.15) is 6.10 Å². The van der Waals surface area contributed by atoms with E-state index in [1.54, 1.807) is 0 Å². The smallest absolute Gasteiger partial charge is 0.173 e. The summed E-state index contributed by atoms with van der Waals surface area (Å²) >= 11 is 6.35. The van der Waals surface area contributed by atoms with E-state index in [0.717, 1.165) is 0 Å². The molecule has 0 aliphatic carbocycles. The van der Waals surface area contributed by atoms with Crippen molar-refractivity contribution in [2.45, 2.75) is 12.7 Å². The molecule has 0 aliphatic heterocycles. The molecular weight excluding hydrogens is 360 g/mol. The summed E-state index contributed by atoms with van der Waals surface area (Å²) in [7, 11) is 0. The Bertz CT molecular complexity index is 397. The topological polar surface area (TPSA) is 90.2 Å². The maximum atomic E-state index is 9.42. The van der Waals surface area contributed by atoms with Crippen LogP contribution in [-0.2, 0) is 11.3 Å².